The molecule has 0 aliphatic rings. The Morgan fingerprint density at radius 2 is 0.694 bits per heavy atom. The molecule has 0 aliphatic heterocycles. The molecule has 5 rings (SSSR count). The van der Waals surface area contributed by atoms with Crippen LogP contribution < -0.4 is 62.9 Å². The fraction of sp³-hybridized carbons (Fsp3) is 0.279. The molecule has 5 aromatic rings. The van der Waals surface area contributed by atoms with Gasteiger partial charge in [0, 0.05) is 34.4 Å². The molecule has 0 fully saturated rings. The first-order chi connectivity index (χ1) is 22.2. The fourth-order valence-corrected chi connectivity index (χ4v) is 6.20. The summed E-state index contributed by atoms with van der Waals surface area (Å²) in [7, 11) is 0. The largest absolute Gasteiger partial charge is 2.00 e. The number of benzene rings is 4. The van der Waals surface area contributed by atoms with Crippen LogP contribution in [0.15, 0.2) is 115 Å². The van der Waals surface area contributed by atoms with Crippen molar-refractivity contribution in [2.45, 2.75) is 79.1 Å². The van der Waals surface area contributed by atoms with Crippen molar-refractivity contribution >= 4 is 60.5 Å². The van der Waals surface area contributed by atoms with Gasteiger partial charge in [-0.25, -0.2) is 0 Å². The van der Waals surface area contributed by atoms with E-state index in [1.54, 1.807) is 0 Å². The molecule has 1 heterocycles. The van der Waals surface area contributed by atoms with Crippen LogP contribution in [0.4, 0.5) is 11.4 Å². The van der Waals surface area contributed by atoms with Gasteiger partial charge in [-0.1, -0.05) is 128 Å². The van der Waals surface area contributed by atoms with Crippen molar-refractivity contribution in [1.82, 2.24) is 0 Å². The van der Waals surface area contributed by atoms with Crippen LogP contribution in [0.3, 0.4) is 0 Å². The summed E-state index contributed by atoms with van der Waals surface area (Å²) in [5.74, 6) is 1.53. The molecule has 0 bridgehead atoms. The predicted octanol–water partition coefficient (Wildman–Crippen LogP) is 1.12. The van der Waals surface area contributed by atoms with Crippen LogP contribution in [0.25, 0.3) is 0 Å². The van der Waals surface area contributed by atoms with Gasteiger partial charge in [0.15, 0.2) is 0 Å². The maximum absolute atomic E-state index is 3.97. The molecule has 0 unspecified atom stereocenters. The van der Waals surface area contributed by atoms with E-state index in [2.05, 4.69) is 186 Å². The number of hydrogen-bond donors (Lipinski definition) is 2. The number of hydrogen-bond acceptors (Lipinski definition) is 0. The van der Waals surface area contributed by atoms with E-state index in [4.69, 9.17) is 0 Å². The van der Waals surface area contributed by atoms with E-state index >= 15 is 0 Å². The molecule has 0 spiro atoms. The summed E-state index contributed by atoms with van der Waals surface area (Å²) in [5, 5.41) is 0. The monoisotopic (exact) mass is 902 g/mol. The van der Waals surface area contributed by atoms with E-state index < -0.39 is 0 Å². The van der Waals surface area contributed by atoms with Gasteiger partial charge in [-0.2, -0.15) is 15.0 Å². The zero-order valence-electron chi connectivity index (χ0n) is 30.2. The van der Waals surface area contributed by atoms with Gasteiger partial charge in [0.05, 0.1) is 11.1 Å². The van der Waals surface area contributed by atoms with E-state index in [1.165, 1.54) is 33.6 Å². The Balaban J connectivity index is 0.00000278. The summed E-state index contributed by atoms with van der Waals surface area (Å²) in [4.78, 5) is 11.8. The molecule has 0 saturated heterocycles. The minimum atomic E-state index is 0. The Hall–Kier alpha value is -1.91. The van der Waals surface area contributed by atoms with E-state index in [0.29, 0.717) is 23.7 Å². The maximum atomic E-state index is 3.97. The number of aromatic nitrogens is 1. The van der Waals surface area contributed by atoms with Crippen molar-refractivity contribution in [2.24, 2.45) is 0 Å². The van der Waals surface area contributed by atoms with Crippen molar-refractivity contribution < 1.29 is 62.9 Å². The Bertz CT molecular complexity index is 1660. The van der Waals surface area contributed by atoms with Crippen molar-refractivity contribution in [3.8, 4) is 0 Å². The molecule has 0 radical (unpaired) electrons. The Labute approximate surface area is 358 Å². The van der Waals surface area contributed by atoms with Crippen molar-refractivity contribution in [2.75, 3.05) is 0 Å². The van der Waals surface area contributed by atoms with Crippen LogP contribution in [0.2, 0.25) is 0 Å². The summed E-state index contributed by atoms with van der Waals surface area (Å²) in [6.45, 7) is 18.2. The number of para-hydroxylation sites is 2. The van der Waals surface area contributed by atoms with E-state index in [0.717, 1.165) is 33.9 Å². The number of rotatable bonds is 10. The second kappa shape index (κ2) is 20.2. The molecule has 0 aliphatic carbocycles. The van der Waals surface area contributed by atoms with Crippen LogP contribution in [0, 0.1) is 0 Å². The molecule has 4 aromatic carbocycles. The third-order valence-corrected chi connectivity index (χ3v) is 8.70. The molecule has 1 aromatic heterocycles. The third kappa shape index (κ3) is 10.6. The van der Waals surface area contributed by atoms with Crippen LogP contribution in [0.5, 0.6) is 0 Å². The minimum Gasteiger partial charge on any atom is -1.00 e. The summed E-state index contributed by atoms with van der Waals surface area (Å²) in [6, 6.07) is 41.2. The van der Waals surface area contributed by atoms with Gasteiger partial charge >= 0.3 is 37.7 Å². The van der Waals surface area contributed by atoms with Gasteiger partial charge in [0.1, 0.15) is 0 Å². The first-order valence-corrected chi connectivity index (χ1v) is 16.8. The standard InChI is InChI=1S/C43H47N3.Ca.2HI/c1-28(2)34-22-15-23-35(29(3)4)42(34)45-40(32-18-11-9-12-19-32)38-26-17-27-39(44-38)41(33-20-13-10-14-21-33)46-43-36(30(5)6)24-16-25-37(43)31(7)8;;;/h9-31H,1-8H3;;2*1H/q;+2;;/p+1. The molecule has 3 N–H and O–H groups in total. The third-order valence-electron chi connectivity index (χ3n) is 8.70. The molecular weight excluding hydrogens is 852 g/mol. The molecule has 49 heavy (non-hydrogen) atoms. The Kier molecular flexibility index (Phi) is 17.8. The smallest absolute Gasteiger partial charge is 1.00 e. The van der Waals surface area contributed by atoms with Gasteiger partial charge < -0.3 is 48.0 Å². The topological polar surface area (TPSA) is 42.1 Å². The van der Waals surface area contributed by atoms with Crippen molar-refractivity contribution in [3.63, 3.8) is 0 Å². The van der Waals surface area contributed by atoms with E-state index in [-0.39, 0.29) is 85.7 Å². The first-order valence-electron chi connectivity index (χ1n) is 16.8. The summed E-state index contributed by atoms with van der Waals surface area (Å²) < 4.78 is 0. The zero-order valence-corrected chi connectivity index (χ0v) is 36.8. The Morgan fingerprint density at radius 3 is 0.980 bits per heavy atom. The fourth-order valence-electron chi connectivity index (χ4n) is 6.20. The van der Waals surface area contributed by atoms with Gasteiger partial charge in [-0.15, -0.1) is 0 Å². The van der Waals surface area contributed by atoms with Gasteiger partial charge in [0.2, 0.25) is 11.4 Å². The van der Waals surface area contributed by atoms with Gasteiger partial charge in [0.25, 0.3) is 22.8 Å². The average molecular weight is 903 g/mol. The van der Waals surface area contributed by atoms with Crippen molar-refractivity contribution in [3.05, 3.63) is 160 Å². The van der Waals surface area contributed by atoms with Gasteiger partial charge in [-0.3, -0.25) is 0 Å². The minimum absolute atomic E-state index is 0. The quantitative estimate of drug-likeness (QED) is 0.120. The first kappa shape index (κ1) is 43.3. The molecule has 0 saturated carbocycles. The number of aromatic amines is 1. The normalized spacial score (nSPS) is 11.8. The second-order valence-electron chi connectivity index (χ2n) is 13.5. The molecule has 6 heteroatoms. The van der Waals surface area contributed by atoms with E-state index in [9.17, 15) is 0 Å². The van der Waals surface area contributed by atoms with Crippen LogP contribution in [-0.2, 0) is 0 Å². The number of H-pyrrole nitrogens is 1. The zero-order chi connectivity index (χ0) is 32.8. The average Bonchev–Trinajstić information content (AvgIpc) is 3.06. The maximum Gasteiger partial charge on any atom is 2.00 e. The van der Waals surface area contributed by atoms with Crippen LogP contribution in [0.1, 0.15) is 124 Å². The molecule has 3 nitrogen and oxygen atoms in total. The Morgan fingerprint density at radius 1 is 0.408 bits per heavy atom. The number of halogens is 2. The van der Waals surface area contributed by atoms with Gasteiger partial charge in [-0.05, 0) is 54.0 Å². The molecule has 0 atom stereocenters. The van der Waals surface area contributed by atoms with Crippen LogP contribution in [-0.4, -0.2) is 49.2 Å². The van der Waals surface area contributed by atoms with Crippen molar-refractivity contribution in [1.29, 1.82) is 0 Å². The molecule has 0 amide bonds. The SMILES string of the molecule is CC(C)c1cccc(C(C)C)c1[NH+]=C(c1ccccc1)c1cccc(C(=[NH+]c2c(C(C)C)cccc2C(C)C)c2ccccc2)[nH+]1.[Ca+2].[I-].[I-]. The predicted molar refractivity (Wildman–Crippen MR) is 199 cm³/mol. The summed E-state index contributed by atoms with van der Waals surface area (Å²) >= 11 is 0. The molecular formula is C43H50CaI2N3+3. The molecule has 250 valence electrons. The van der Waals surface area contributed by atoms with E-state index in [1.807, 2.05) is 0 Å². The number of nitrogens with one attached hydrogen (secondary N) is 3. The number of pyridine rings is 1. The van der Waals surface area contributed by atoms with Crippen LogP contribution >= 0.6 is 0 Å². The summed E-state index contributed by atoms with van der Waals surface area (Å²) in [5.41, 5.74) is 14.1. The second-order valence-corrected chi connectivity index (χ2v) is 13.5. The summed E-state index contributed by atoms with van der Waals surface area (Å²) in [6.07, 6.45) is 0.